The number of nitrogens with two attached hydrogens (primary N) is 1. The van der Waals surface area contributed by atoms with Crippen LogP contribution in [0, 0.1) is 0 Å². The summed E-state index contributed by atoms with van der Waals surface area (Å²) in [5.74, 6) is 0. The monoisotopic (exact) mass is 398 g/mol. The Labute approximate surface area is 177 Å². The summed E-state index contributed by atoms with van der Waals surface area (Å²) in [6, 6.07) is 0.703. The molecule has 0 bridgehead atoms. The molecule has 0 aromatic heterocycles. The van der Waals surface area contributed by atoms with Crippen molar-refractivity contribution in [1.29, 1.82) is 0 Å². The second-order valence-electron chi connectivity index (χ2n) is 8.40. The van der Waals surface area contributed by atoms with Crippen molar-refractivity contribution < 1.29 is 0 Å². The molecule has 4 nitrogen and oxygen atoms in total. The lowest BCUT2D eigenvalue weighted by atomic mass is 10.0. The summed E-state index contributed by atoms with van der Waals surface area (Å²) in [6.45, 7) is 14.3. The zero-order valence-corrected chi connectivity index (χ0v) is 19.7. The average Bonchev–Trinajstić information content (AvgIpc) is 2.71. The van der Waals surface area contributed by atoms with Gasteiger partial charge in [-0.3, -0.25) is 4.90 Å². The number of unbranched alkanes of at least 4 members (excludes halogenated alkanes) is 9. The van der Waals surface area contributed by atoms with Crippen LogP contribution in [0.25, 0.3) is 0 Å². The Hall–Kier alpha value is -0.160. The maximum Gasteiger partial charge on any atom is 0.0220 e. The van der Waals surface area contributed by atoms with E-state index in [4.69, 9.17) is 5.73 Å². The van der Waals surface area contributed by atoms with Crippen molar-refractivity contribution in [3.8, 4) is 0 Å². The third-order valence-electron chi connectivity index (χ3n) is 5.68. The largest absolute Gasteiger partial charge is 0.329 e. The normalized spacial score (nSPS) is 12.8. The molecule has 0 aromatic carbocycles. The van der Waals surface area contributed by atoms with E-state index in [0.29, 0.717) is 6.04 Å². The summed E-state index contributed by atoms with van der Waals surface area (Å²) >= 11 is 0. The molecule has 0 radical (unpaired) electrons. The first-order chi connectivity index (χ1) is 13.8. The summed E-state index contributed by atoms with van der Waals surface area (Å²) in [5, 5.41) is 7.12. The van der Waals surface area contributed by atoms with E-state index in [9.17, 15) is 0 Å². The first kappa shape index (κ1) is 27.8. The van der Waals surface area contributed by atoms with Gasteiger partial charge in [-0.1, -0.05) is 85.0 Å². The fourth-order valence-electron chi connectivity index (χ4n) is 3.85. The summed E-state index contributed by atoms with van der Waals surface area (Å²) in [6.07, 6.45) is 17.8. The number of rotatable bonds is 23. The van der Waals surface area contributed by atoms with Crippen molar-refractivity contribution in [2.75, 3.05) is 45.8 Å². The Kier molecular flexibility index (Phi) is 23.0. The highest BCUT2D eigenvalue weighted by Crippen LogP contribution is 2.14. The van der Waals surface area contributed by atoms with Gasteiger partial charge in [0.25, 0.3) is 0 Å². The van der Waals surface area contributed by atoms with Crippen molar-refractivity contribution in [2.24, 2.45) is 5.73 Å². The third-order valence-corrected chi connectivity index (χ3v) is 5.68. The van der Waals surface area contributed by atoms with Crippen molar-refractivity contribution >= 4 is 0 Å². The van der Waals surface area contributed by atoms with Gasteiger partial charge in [-0.15, -0.1) is 0 Å². The molecule has 0 saturated heterocycles. The minimum absolute atomic E-state index is 0.703. The van der Waals surface area contributed by atoms with Gasteiger partial charge in [0.15, 0.2) is 0 Å². The Bertz CT molecular complexity index is 274. The zero-order chi connectivity index (χ0) is 20.7. The third kappa shape index (κ3) is 17.9. The van der Waals surface area contributed by atoms with Gasteiger partial charge >= 0.3 is 0 Å². The molecule has 4 N–H and O–H groups in total. The molecule has 4 heteroatoms. The maximum atomic E-state index is 5.56. The molecule has 0 rings (SSSR count). The topological polar surface area (TPSA) is 53.3 Å². The van der Waals surface area contributed by atoms with E-state index in [2.05, 4.69) is 36.3 Å². The van der Waals surface area contributed by atoms with Crippen molar-refractivity contribution in [3.05, 3.63) is 0 Å². The first-order valence-corrected chi connectivity index (χ1v) is 12.7. The molecule has 0 aliphatic rings. The second kappa shape index (κ2) is 23.1. The standard InChI is InChI=1S/C24H54N4/c1-4-7-10-13-16-24(23-27-20-19-26-18-17-25)28(21-14-11-8-5-2)22-15-12-9-6-3/h24,26-27H,4-23,25H2,1-3H3. The molecule has 0 spiro atoms. The Morgan fingerprint density at radius 1 is 0.643 bits per heavy atom. The molecular weight excluding hydrogens is 344 g/mol. The van der Waals surface area contributed by atoms with Gasteiger partial charge in [0.05, 0.1) is 0 Å². The van der Waals surface area contributed by atoms with Gasteiger partial charge in [0, 0.05) is 38.8 Å². The van der Waals surface area contributed by atoms with Crippen molar-refractivity contribution in [2.45, 2.75) is 110 Å². The van der Waals surface area contributed by atoms with Gasteiger partial charge in [-0.25, -0.2) is 0 Å². The van der Waals surface area contributed by atoms with E-state index in [1.165, 1.54) is 96.6 Å². The molecular formula is C24H54N4. The highest BCUT2D eigenvalue weighted by atomic mass is 15.2. The van der Waals surface area contributed by atoms with Crippen LogP contribution >= 0.6 is 0 Å². The van der Waals surface area contributed by atoms with E-state index < -0.39 is 0 Å². The molecule has 1 unspecified atom stereocenters. The van der Waals surface area contributed by atoms with Crippen molar-refractivity contribution in [1.82, 2.24) is 15.5 Å². The minimum Gasteiger partial charge on any atom is -0.329 e. The fraction of sp³-hybridized carbons (Fsp3) is 1.00. The SMILES string of the molecule is CCCCCCC(CNCCNCCN)N(CCCCCC)CCCCCC. The Balaban J connectivity index is 4.52. The molecule has 0 aliphatic heterocycles. The van der Waals surface area contributed by atoms with Crippen LogP contribution in [0.15, 0.2) is 0 Å². The lowest BCUT2D eigenvalue weighted by molar-refractivity contribution is 0.171. The number of hydrogen-bond acceptors (Lipinski definition) is 4. The van der Waals surface area contributed by atoms with Crippen LogP contribution in [-0.2, 0) is 0 Å². The highest BCUT2D eigenvalue weighted by Gasteiger charge is 2.17. The van der Waals surface area contributed by atoms with Crippen LogP contribution in [0.1, 0.15) is 104 Å². The van der Waals surface area contributed by atoms with Gasteiger partial charge < -0.3 is 16.4 Å². The second-order valence-corrected chi connectivity index (χ2v) is 8.40. The van der Waals surface area contributed by atoms with Gasteiger partial charge in [-0.05, 0) is 32.4 Å². The van der Waals surface area contributed by atoms with E-state index >= 15 is 0 Å². The Morgan fingerprint density at radius 2 is 1.18 bits per heavy atom. The van der Waals surface area contributed by atoms with Crippen LogP contribution in [0.4, 0.5) is 0 Å². The molecule has 0 aliphatic carbocycles. The zero-order valence-electron chi connectivity index (χ0n) is 19.7. The summed E-state index contributed by atoms with van der Waals surface area (Å²) in [5.41, 5.74) is 5.56. The fourth-order valence-corrected chi connectivity index (χ4v) is 3.85. The highest BCUT2D eigenvalue weighted by molar-refractivity contribution is 4.75. The molecule has 0 amide bonds. The summed E-state index contributed by atoms with van der Waals surface area (Å²) < 4.78 is 0. The molecule has 0 fully saturated rings. The van der Waals surface area contributed by atoms with Gasteiger partial charge in [0.1, 0.15) is 0 Å². The van der Waals surface area contributed by atoms with E-state index in [-0.39, 0.29) is 0 Å². The molecule has 0 saturated carbocycles. The molecule has 170 valence electrons. The van der Waals surface area contributed by atoms with E-state index in [0.717, 1.165) is 32.7 Å². The molecule has 0 heterocycles. The Morgan fingerprint density at radius 3 is 1.71 bits per heavy atom. The lowest BCUT2D eigenvalue weighted by Gasteiger charge is -2.32. The van der Waals surface area contributed by atoms with Crippen LogP contribution in [0.5, 0.6) is 0 Å². The van der Waals surface area contributed by atoms with Crippen molar-refractivity contribution in [3.63, 3.8) is 0 Å². The number of nitrogens with one attached hydrogen (secondary N) is 2. The summed E-state index contributed by atoms with van der Waals surface area (Å²) in [7, 11) is 0. The molecule has 1 atom stereocenters. The maximum absolute atomic E-state index is 5.56. The van der Waals surface area contributed by atoms with Crippen LogP contribution in [0.2, 0.25) is 0 Å². The quantitative estimate of drug-likeness (QED) is 0.214. The van der Waals surface area contributed by atoms with Gasteiger partial charge in [-0.2, -0.15) is 0 Å². The van der Waals surface area contributed by atoms with Crippen LogP contribution in [0.3, 0.4) is 0 Å². The minimum atomic E-state index is 0.703. The average molecular weight is 399 g/mol. The smallest absolute Gasteiger partial charge is 0.0220 e. The molecule has 28 heavy (non-hydrogen) atoms. The first-order valence-electron chi connectivity index (χ1n) is 12.7. The summed E-state index contributed by atoms with van der Waals surface area (Å²) in [4.78, 5) is 2.83. The van der Waals surface area contributed by atoms with Gasteiger partial charge in [0.2, 0.25) is 0 Å². The predicted octanol–water partition coefficient (Wildman–Crippen LogP) is 4.93. The number of nitrogens with zero attached hydrogens (tertiary/aromatic N) is 1. The van der Waals surface area contributed by atoms with E-state index in [1.54, 1.807) is 0 Å². The van der Waals surface area contributed by atoms with Crippen LogP contribution in [-0.4, -0.2) is 56.8 Å². The van der Waals surface area contributed by atoms with E-state index in [1.807, 2.05) is 0 Å². The predicted molar refractivity (Wildman–Crippen MR) is 127 cm³/mol. The number of hydrogen-bond donors (Lipinski definition) is 3. The molecule has 0 aromatic rings. The lowest BCUT2D eigenvalue weighted by Crippen LogP contribution is -2.44. The van der Waals surface area contributed by atoms with Crippen LogP contribution < -0.4 is 16.4 Å².